The lowest BCUT2D eigenvalue weighted by Crippen LogP contribution is -2.56. The summed E-state index contributed by atoms with van der Waals surface area (Å²) in [7, 11) is 1.59. The molecule has 3 amide bonds. The number of halogens is 1. The lowest BCUT2D eigenvalue weighted by Gasteiger charge is -2.34. The summed E-state index contributed by atoms with van der Waals surface area (Å²) >= 11 is 4.98. The lowest BCUT2D eigenvalue weighted by atomic mass is 9.85. The Morgan fingerprint density at radius 1 is 1.06 bits per heavy atom. The number of rotatable bonds is 9. The Kier molecular flexibility index (Phi) is 10.6. The maximum absolute atomic E-state index is 14.0. The van der Waals surface area contributed by atoms with Crippen molar-refractivity contribution in [1.82, 2.24) is 20.2 Å². The Bertz CT molecular complexity index is 1630. The fraction of sp³-hybridized carbons (Fsp3) is 0.559. The second-order valence-electron chi connectivity index (χ2n) is 13.7. The molecule has 0 spiro atoms. The molecule has 5 rings (SSSR count). The van der Waals surface area contributed by atoms with Crippen molar-refractivity contribution in [1.29, 1.82) is 0 Å². The lowest BCUT2D eigenvalue weighted by molar-refractivity contribution is -0.136. The second-order valence-corrected chi connectivity index (χ2v) is 15.4. The van der Waals surface area contributed by atoms with Crippen LogP contribution in [0.3, 0.4) is 0 Å². The molecule has 1 aliphatic carbocycles. The van der Waals surface area contributed by atoms with Gasteiger partial charge in [0, 0.05) is 35.2 Å². The summed E-state index contributed by atoms with van der Waals surface area (Å²) in [6.45, 7) is 11.8. The van der Waals surface area contributed by atoms with Gasteiger partial charge in [-0.05, 0) is 66.1 Å². The monoisotopic (exact) mass is 729 g/mol. The fourth-order valence-corrected chi connectivity index (χ4v) is 7.27. The molecule has 13 heteroatoms. The zero-order chi connectivity index (χ0) is 34.0. The molecular formula is C34H44BrN5O6S. The molecule has 3 aromatic rings. The molecule has 3 heterocycles. The van der Waals surface area contributed by atoms with Crippen molar-refractivity contribution in [3.63, 3.8) is 0 Å². The molecule has 1 aliphatic heterocycles. The maximum atomic E-state index is 14.0. The number of benzene rings is 1. The number of anilines is 1. The molecule has 2 N–H and O–H groups in total. The van der Waals surface area contributed by atoms with E-state index in [1.54, 1.807) is 12.0 Å². The third-order valence-corrected chi connectivity index (χ3v) is 10.2. The van der Waals surface area contributed by atoms with Crippen molar-refractivity contribution in [3.05, 3.63) is 28.1 Å². The van der Waals surface area contributed by atoms with Crippen LogP contribution in [0.4, 0.5) is 9.93 Å². The number of likely N-dealkylation sites (tertiary alicyclic amines) is 1. The van der Waals surface area contributed by atoms with Crippen LogP contribution >= 0.6 is 27.3 Å². The molecule has 11 nitrogen and oxygen atoms in total. The van der Waals surface area contributed by atoms with Gasteiger partial charge in [-0.25, -0.2) is 14.8 Å². The standard InChI is InChI=1S/C34H44BrN5O6S/c1-18(2)30(41)39-32-37-24(17-47-32)23-15-26(22-12-13-25(44-7)27(35)28(22)36-23)45-21-14-19(3)40(16-21)31(42)29(34(4,5)6)38-33(43)46-20-10-8-9-11-20/h12-13,15,17-21,29H,8-11,14,16H2,1-7H3,(H,38,43)(H,37,39,41)/t19-,21-,29-/m1/s1. The van der Waals surface area contributed by atoms with Crippen molar-refractivity contribution >= 4 is 61.2 Å². The molecule has 1 saturated carbocycles. The number of aromatic nitrogens is 2. The first-order chi connectivity index (χ1) is 22.2. The molecule has 47 heavy (non-hydrogen) atoms. The number of nitrogens with zero attached hydrogens (tertiary/aromatic N) is 3. The van der Waals surface area contributed by atoms with Crippen LogP contribution < -0.4 is 20.1 Å². The van der Waals surface area contributed by atoms with Crippen LogP contribution in [0, 0.1) is 11.3 Å². The first kappa shape index (κ1) is 34.9. The quantitative estimate of drug-likeness (QED) is 0.237. The average molecular weight is 731 g/mol. The minimum absolute atomic E-state index is 0.0936. The molecule has 0 unspecified atom stereocenters. The Morgan fingerprint density at radius 2 is 1.79 bits per heavy atom. The highest BCUT2D eigenvalue weighted by Crippen LogP contribution is 2.40. The first-order valence-corrected chi connectivity index (χ1v) is 17.8. The minimum atomic E-state index is -0.760. The van der Waals surface area contributed by atoms with Crippen LogP contribution in [-0.4, -0.2) is 70.7 Å². The minimum Gasteiger partial charge on any atom is -0.495 e. The highest BCUT2D eigenvalue weighted by Gasteiger charge is 2.42. The van der Waals surface area contributed by atoms with E-state index in [0.29, 0.717) is 51.0 Å². The molecule has 2 fully saturated rings. The molecule has 0 radical (unpaired) electrons. The van der Waals surface area contributed by atoms with Gasteiger partial charge in [-0.3, -0.25) is 9.59 Å². The molecule has 1 aromatic carbocycles. The van der Waals surface area contributed by atoms with E-state index in [0.717, 1.165) is 31.1 Å². The van der Waals surface area contributed by atoms with Crippen LogP contribution in [-0.2, 0) is 14.3 Å². The van der Waals surface area contributed by atoms with Gasteiger partial charge in [0.15, 0.2) is 5.13 Å². The predicted octanol–water partition coefficient (Wildman–Crippen LogP) is 7.18. The van der Waals surface area contributed by atoms with Gasteiger partial charge in [-0.2, -0.15) is 0 Å². The average Bonchev–Trinajstić information content (AvgIpc) is 3.77. The van der Waals surface area contributed by atoms with E-state index in [4.69, 9.17) is 19.2 Å². The van der Waals surface area contributed by atoms with Crippen molar-refractivity contribution in [2.24, 2.45) is 11.3 Å². The zero-order valence-corrected chi connectivity index (χ0v) is 30.4. The van der Waals surface area contributed by atoms with E-state index in [2.05, 4.69) is 31.5 Å². The summed E-state index contributed by atoms with van der Waals surface area (Å²) in [5, 5.41) is 8.83. The van der Waals surface area contributed by atoms with Gasteiger partial charge < -0.3 is 29.7 Å². The number of amides is 3. The van der Waals surface area contributed by atoms with Gasteiger partial charge in [0.05, 0.1) is 29.3 Å². The highest BCUT2D eigenvalue weighted by atomic mass is 79.9. The molecule has 254 valence electrons. The van der Waals surface area contributed by atoms with Gasteiger partial charge in [-0.15, -0.1) is 11.3 Å². The third-order valence-electron chi connectivity index (χ3n) is 8.65. The number of fused-ring (bicyclic) bond motifs is 1. The van der Waals surface area contributed by atoms with E-state index < -0.39 is 17.6 Å². The van der Waals surface area contributed by atoms with Gasteiger partial charge in [0.25, 0.3) is 0 Å². The van der Waals surface area contributed by atoms with Gasteiger partial charge in [0.2, 0.25) is 11.8 Å². The summed E-state index contributed by atoms with van der Waals surface area (Å²) in [6, 6.07) is 4.72. The van der Waals surface area contributed by atoms with E-state index in [-0.39, 0.29) is 36.0 Å². The highest BCUT2D eigenvalue weighted by molar-refractivity contribution is 9.10. The number of carbonyl (C=O) groups excluding carboxylic acids is 3. The van der Waals surface area contributed by atoms with E-state index in [1.807, 2.05) is 65.1 Å². The summed E-state index contributed by atoms with van der Waals surface area (Å²) < 4.78 is 18.5. The largest absolute Gasteiger partial charge is 0.495 e. The van der Waals surface area contributed by atoms with Crippen molar-refractivity contribution < 1.29 is 28.6 Å². The maximum Gasteiger partial charge on any atom is 0.408 e. The fourth-order valence-electron chi connectivity index (χ4n) is 5.97. The SMILES string of the molecule is COc1ccc2c(O[C@@H]3C[C@@H](C)N(C(=O)[C@@H](NC(=O)OC4CCCC4)C(C)(C)C)C3)cc(-c3csc(NC(=O)C(C)C)n3)nc2c1Br. The molecule has 3 atom stereocenters. The zero-order valence-electron chi connectivity index (χ0n) is 28.0. The van der Waals surface area contributed by atoms with Crippen LogP contribution in [0.25, 0.3) is 22.3 Å². The predicted molar refractivity (Wildman–Crippen MR) is 186 cm³/mol. The topological polar surface area (TPSA) is 132 Å². The number of carbonyl (C=O) groups is 3. The van der Waals surface area contributed by atoms with Crippen molar-refractivity contribution in [2.45, 2.75) is 97.9 Å². The Labute approximate surface area is 288 Å². The summed E-state index contributed by atoms with van der Waals surface area (Å²) in [5.74, 6) is 0.759. The number of methoxy groups -OCH3 is 1. The molecular weight excluding hydrogens is 686 g/mol. The molecule has 2 aromatic heterocycles. The van der Waals surface area contributed by atoms with E-state index >= 15 is 0 Å². The summed E-state index contributed by atoms with van der Waals surface area (Å²) in [5.41, 5.74) is 1.26. The first-order valence-electron chi connectivity index (χ1n) is 16.1. The van der Waals surface area contributed by atoms with E-state index in [1.165, 1.54) is 11.3 Å². The van der Waals surface area contributed by atoms with E-state index in [9.17, 15) is 14.4 Å². The Morgan fingerprint density at radius 3 is 2.45 bits per heavy atom. The molecule has 1 saturated heterocycles. The Hall–Kier alpha value is -3.45. The number of hydrogen-bond donors (Lipinski definition) is 2. The number of alkyl carbamates (subject to hydrolysis) is 1. The molecule has 0 bridgehead atoms. The van der Waals surface area contributed by atoms with Crippen molar-refractivity contribution in [2.75, 3.05) is 19.0 Å². The summed E-state index contributed by atoms with van der Waals surface area (Å²) in [4.78, 5) is 50.4. The Balaban J connectivity index is 1.39. The number of thiazole rings is 1. The van der Waals surface area contributed by atoms with Gasteiger partial charge >= 0.3 is 6.09 Å². The van der Waals surface area contributed by atoms with Crippen LogP contribution in [0.1, 0.15) is 73.6 Å². The van der Waals surface area contributed by atoms with Crippen LogP contribution in [0.5, 0.6) is 11.5 Å². The van der Waals surface area contributed by atoms with Crippen molar-refractivity contribution in [3.8, 4) is 22.9 Å². The molecule has 2 aliphatic rings. The van der Waals surface area contributed by atoms with Gasteiger partial charge in [-0.1, -0.05) is 34.6 Å². The normalized spacial score (nSPS) is 19.2. The number of hydrogen-bond acceptors (Lipinski definition) is 9. The number of pyridine rings is 1. The summed E-state index contributed by atoms with van der Waals surface area (Å²) in [6.07, 6.45) is 3.47. The van der Waals surface area contributed by atoms with Gasteiger partial charge in [0.1, 0.15) is 35.4 Å². The number of ether oxygens (including phenoxy) is 3. The smallest absolute Gasteiger partial charge is 0.408 e. The third kappa shape index (κ3) is 7.99. The number of nitrogens with one attached hydrogen (secondary N) is 2. The van der Waals surface area contributed by atoms with Crippen LogP contribution in [0.2, 0.25) is 0 Å². The van der Waals surface area contributed by atoms with Crippen LogP contribution in [0.15, 0.2) is 28.1 Å². The second kappa shape index (κ2) is 14.3.